The van der Waals surface area contributed by atoms with Crippen molar-refractivity contribution in [2.75, 3.05) is 6.61 Å². The largest absolute Gasteiger partial charge is 0.508 e. The van der Waals surface area contributed by atoms with Crippen molar-refractivity contribution in [1.82, 2.24) is 0 Å². The van der Waals surface area contributed by atoms with Crippen molar-refractivity contribution in [2.45, 2.75) is 26.7 Å². The van der Waals surface area contributed by atoms with Crippen molar-refractivity contribution < 1.29 is 9.84 Å². The first-order chi connectivity index (χ1) is 7.06. The van der Waals surface area contributed by atoms with E-state index in [-0.39, 0.29) is 12.4 Å². The Morgan fingerprint density at radius 3 is 2.67 bits per heavy atom. The number of aromatic hydroxyl groups is 1. The lowest BCUT2D eigenvalue weighted by molar-refractivity contribution is 0.358. The van der Waals surface area contributed by atoms with E-state index in [0.717, 1.165) is 11.1 Å². The number of ether oxygens (including phenoxy) is 1. The molecule has 0 fully saturated rings. The first kappa shape index (κ1) is 11.4. The number of phenolic OH excluding ortho intramolecular Hbond substituents is 1. The fourth-order valence-electron chi connectivity index (χ4n) is 1.39. The van der Waals surface area contributed by atoms with Crippen LogP contribution in [0.15, 0.2) is 12.1 Å². The normalized spacial score (nSPS) is 10.1. The van der Waals surface area contributed by atoms with Gasteiger partial charge in [-0.05, 0) is 30.0 Å². The van der Waals surface area contributed by atoms with Gasteiger partial charge in [-0.1, -0.05) is 13.8 Å². The molecule has 3 heteroatoms. The summed E-state index contributed by atoms with van der Waals surface area (Å²) in [5.41, 5.74) is 1.84. The molecule has 15 heavy (non-hydrogen) atoms. The van der Waals surface area contributed by atoms with Gasteiger partial charge in [-0.3, -0.25) is 0 Å². The van der Waals surface area contributed by atoms with Crippen LogP contribution in [0.5, 0.6) is 11.5 Å². The minimum Gasteiger partial charge on any atom is -0.508 e. The number of nitrogens with zero attached hydrogens (tertiary/aromatic N) is 1. The quantitative estimate of drug-likeness (QED) is 0.825. The molecule has 0 atom stereocenters. The lowest BCUT2D eigenvalue weighted by Crippen LogP contribution is -2.00. The summed E-state index contributed by atoms with van der Waals surface area (Å²) in [6, 6.07) is 5.38. The Morgan fingerprint density at radius 2 is 2.13 bits per heavy atom. The zero-order chi connectivity index (χ0) is 11.4. The third-order valence-electron chi connectivity index (χ3n) is 2.24. The van der Waals surface area contributed by atoms with Gasteiger partial charge < -0.3 is 9.84 Å². The number of benzene rings is 1. The second kappa shape index (κ2) is 4.70. The van der Waals surface area contributed by atoms with E-state index in [1.807, 2.05) is 32.9 Å². The van der Waals surface area contributed by atoms with E-state index in [0.29, 0.717) is 11.7 Å². The Labute approximate surface area is 89.9 Å². The third-order valence-corrected chi connectivity index (χ3v) is 2.24. The van der Waals surface area contributed by atoms with Crippen molar-refractivity contribution >= 4 is 0 Å². The summed E-state index contributed by atoms with van der Waals surface area (Å²) in [4.78, 5) is 0. The Hall–Kier alpha value is -1.69. The van der Waals surface area contributed by atoms with E-state index in [9.17, 15) is 5.11 Å². The average molecular weight is 205 g/mol. The molecule has 0 bridgehead atoms. The van der Waals surface area contributed by atoms with E-state index < -0.39 is 0 Å². The average Bonchev–Trinajstić information content (AvgIpc) is 2.19. The fourth-order valence-corrected chi connectivity index (χ4v) is 1.39. The molecule has 0 aliphatic carbocycles. The maximum absolute atomic E-state index is 9.54. The lowest BCUT2D eigenvalue weighted by Gasteiger charge is -2.14. The molecule has 1 aromatic carbocycles. The van der Waals surface area contributed by atoms with E-state index in [1.54, 1.807) is 6.07 Å². The second-order valence-electron chi connectivity index (χ2n) is 3.78. The van der Waals surface area contributed by atoms with Crippen LogP contribution < -0.4 is 4.74 Å². The highest BCUT2D eigenvalue weighted by Gasteiger charge is 2.11. The molecule has 1 N–H and O–H groups in total. The van der Waals surface area contributed by atoms with E-state index in [1.165, 1.54) is 0 Å². The van der Waals surface area contributed by atoms with Crippen LogP contribution in [0.3, 0.4) is 0 Å². The van der Waals surface area contributed by atoms with Gasteiger partial charge in [0.2, 0.25) is 0 Å². The molecule has 0 radical (unpaired) electrons. The highest BCUT2D eigenvalue weighted by molar-refractivity contribution is 5.46. The zero-order valence-electron chi connectivity index (χ0n) is 9.24. The van der Waals surface area contributed by atoms with Crippen molar-refractivity contribution in [2.24, 2.45) is 0 Å². The smallest absolute Gasteiger partial charge is 0.174 e. The summed E-state index contributed by atoms with van der Waals surface area (Å²) in [6.07, 6.45) is 0. The van der Waals surface area contributed by atoms with Crippen molar-refractivity contribution in [1.29, 1.82) is 5.26 Å². The van der Waals surface area contributed by atoms with Crippen molar-refractivity contribution in [3.63, 3.8) is 0 Å². The molecule has 0 amide bonds. The molecule has 0 aliphatic rings. The predicted octanol–water partition coefficient (Wildman–Crippen LogP) is 2.73. The fraction of sp³-hybridized carbons (Fsp3) is 0.417. The molecule has 0 saturated carbocycles. The van der Waals surface area contributed by atoms with Gasteiger partial charge in [-0.15, -0.1) is 0 Å². The van der Waals surface area contributed by atoms with Gasteiger partial charge in [0.05, 0.1) is 0 Å². The number of aryl methyl sites for hydroxylation is 1. The lowest BCUT2D eigenvalue weighted by atomic mass is 9.99. The molecule has 0 aliphatic heterocycles. The van der Waals surface area contributed by atoms with Gasteiger partial charge in [0.25, 0.3) is 0 Å². The topological polar surface area (TPSA) is 53.2 Å². The molecular formula is C12H15NO2. The molecule has 0 unspecified atom stereocenters. The molecule has 0 spiro atoms. The van der Waals surface area contributed by atoms with Crippen LogP contribution >= 0.6 is 0 Å². The molecule has 1 aromatic rings. The van der Waals surface area contributed by atoms with Gasteiger partial charge in [0, 0.05) is 6.07 Å². The van der Waals surface area contributed by atoms with E-state index in [2.05, 4.69) is 0 Å². The van der Waals surface area contributed by atoms with Gasteiger partial charge >= 0.3 is 0 Å². The third kappa shape index (κ3) is 2.63. The number of hydrogen-bond donors (Lipinski definition) is 1. The summed E-state index contributed by atoms with van der Waals surface area (Å²) in [5, 5.41) is 18.0. The van der Waals surface area contributed by atoms with E-state index in [4.69, 9.17) is 10.00 Å². The molecule has 0 saturated heterocycles. The highest BCUT2D eigenvalue weighted by atomic mass is 16.5. The van der Waals surface area contributed by atoms with Crippen LogP contribution in [0.25, 0.3) is 0 Å². The maximum Gasteiger partial charge on any atom is 0.174 e. The Kier molecular flexibility index (Phi) is 3.56. The van der Waals surface area contributed by atoms with Crippen LogP contribution in [0.2, 0.25) is 0 Å². The maximum atomic E-state index is 9.54. The summed E-state index contributed by atoms with van der Waals surface area (Å²) < 4.78 is 5.26. The SMILES string of the molecule is Cc1cc(C(C)C)c(OCC#N)cc1O. The number of hydrogen-bond acceptors (Lipinski definition) is 3. The first-order valence-electron chi connectivity index (χ1n) is 4.89. The number of rotatable bonds is 3. The summed E-state index contributed by atoms with van der Waals surface area (Å²) in [6.45, 7) is 5.94. The van der Waals surface area contributed by atoms with Crippen molar-refractivity contribution in [3.05, 3.63) is 23.3 Å². The van der Waals surface area contributed by atoms with Gasteiger partial charge in [-0.25, -0.2) is 0 Å². The van der Waals surface area contributed by atoms with Crippen LogP contribution in [0, 0.1) is 18.3 Å². The Bertz CT molecular complexity index is 391. The van der Waals surface area contributed by atoms with Gasteiger partial charge in [0.15, 0.2) is 6.61 Å². The van der Waals surface area contributed by atoms with Gasteiger partial charge in [0.1, 0.15) is 17.6 Å². The molecule has 3 nitrogen and oxygen atoms in total. The molecule has 0 heterocycles. The summed E-state index contributed by atoms with van der Waals surface area (Å²) >= 11 is 0. The first-order valence-corrected chi connectivity index (χ1v) is 4.89. The molecule has 1 rings (SSSR count). The standard InChI is InChI=1S/C12H15NO2/c1-8(2)10-6-9(3)11(14)7-12(10)15-5-4-13/h6-8,14H,5H2,1-3H3. The van der Waals surface area contributed by atoms with Crippen LogP contribution in [0.4, 0.5) is 0 Å². The summed E-state index contributed by atoms with van der Waals surface area (Å²) in [5.74, 6) is 1.10. The van der Waals surface area contributed by atoms with E-state index >= 15 is 0 Å². The Morgan fingerprint density at radius 1 is 1.47 bits per heavy atom. The molecule has 80 valence electrons. The van der Waals surface area contributed by atoms with Crippen LogP contribution in [-0.4, -0.2) is 11.7 Å². The summed E-state index contributed by atoms with van der Waals surface area (Å²) in [7, 11) is 0. The second-order valence-corrected chi connectivity index (χ2v) is 3.78. The Balaban J connectivity index is 3.11. The predicted molar refractivity (Wildman–Crippen MR) is 58.0 cm³/mol. The molecule has 0 aromatic heterocycles. The van der Waals surface area contributed by atoms with Crippen molar-refractivity contribution in [3.8, 4) is 17.6 Å². The number of phenols is 1. The van der Waals surface area contributed by atoms with Crippen LogP contribution in [0.1, 0.15) is 30.9 Å². The van der Waals surface area contributed by atoms with Crippen LogP contribution in [-0.2, 0) is 0 Å². The minimum atomic E-state index is 0.00220. The molecular weight excluding hydrogens is 190 g/mol. The van der Waals surface area contributed by atoms with Gasteiger partial charge in [-0.2, -0.15) is 5.26 Å². The zero-order valence-corrected chi connectivity index (χ0v) is 9.24. The minimum absolute atomic E-state index is 0.00220. The number of nitriles is 1. The highest BCUT2D eigenvalue weighted by Crippen LogP contribution is 2.32. The monoisotopic (exact) mass is 205 g/mol.